The van der Waals surface area contributed by atoms with Crippen molar-refractivity contribution in [2.45, 2.75) is 13.0 Å². The van der Waals surface area contributed by atoms with Crippen LogP contribution in [0.3, 0.4) is 0 Å². The minimum Gasteiger partial charge on any atom is -0.490 e. The zero-order valence-electron chi connectivity index (χ0n) is 15.1. The van der Waals surface area contributed by atoms with E-state index in [1.54, 1.807) is 0 Å². The lowest BCUT2D eigenvalue weighted by molar-refractivity contribution is 0.297. The first kappa shape index (κ1) is 20.2. The summed E-state index contributed by atoms with van der Waals surface area (Å²) in [5.41, 5.74) is 9.09. The van der Waals surface area contributed by atoms with Gasteiger partial charge in [-0.1, -0.05) is 12.1 Å². The van der Waals surface area contributed by atoms with Crippen LogP contribution in [0.15, 0.2) is 47.5 Å². The van der Waals surface area contributed by atoms with Gasteiger partial charge >= 0.3 is 0 Å². The minimum atomic E-state index is 0. The lowest BCUT2D eigenvalue weighted by Crippen LogP contribution is -2.22. The van der Waals surface area contributed by atoms with Crippen molar-refractivity contribution < 1.29 is 9.47 Å². The number of hydrogen-bond acceptors (Lipinski definition) is 4. The van der Waals surface area contributed by atoms with Crippen LogP contribution in [0, 0.1) is 0 Å². The van der Waals surface area contributed by atoms with Crippen LogP contribution in [0.4, 0.5) is 11.4 Å². The van der Waals surface area contributed by atoms with E-state index in [4.69, 9.17) is 15.2 Å². The Morgan fingerprint density at radius 2 is 1.88 bits per heavy atom. The second-order valence-corrected chi connectivity index (χ2v) is 6.10. The summed E-state index contributed by atoms with van der Waals surface area (Å²) in [5.74, 6) is 1.86. The topological polar surface area (TPSA) is 72.1 Å². The molecule has 0 spiro atoms. The lowest BCUT2D eigenvalue weighted by atomic mass is 10.2. The maximum Gasteiger partial charge on any atom is 0.193 e. The molecule has 1 aliphatic rings. The van der Waals surface area contributed by atoms with E-state index in [1.165, 1.54) is 0 Å². The van der Waals surface area contributed by atoms with Crippen molar-refractivity contribution in [3.05, 3.63) is 48.0 Å². The Hall–Kier alpha value is -2.16. The van der Waals surface area contributed by atoms with E-state index in [2.05, 4.69) is 27.3 Å². The van der Waals surface area contributed by atoms with Crippen LogP contribution in [-0.4, -0.2) is 33.3 Å². The quantitative estimate of drug-likeness (QED) is 0.409. The van der Waals surface area contributed by atoms with Crippen LogP contribution < -0.4 is 25.4 Å². The van der Waals surface area contributed by atoms with Crippen molar-refractivity contribution in [3.63, 3.8) is 0 Å². The van der Waals surface area contributed by atoms with Crippen LogP contribution in [-0.2, 0) is 6.54 Å². The Labute approximate surface area is 171 Å². The first-order valence-corrected chi connectivity index (χ1v) is 8.35. The van der Waals surface area contributed by atoms with Crippen LogP contribution in [0.1, 0.15) is 12.0 Å². The monoisotopic (exact) mass is 468 g/mol. The fraction of sp³-hybridized carbons (Fsp3) is 0.316. The minimum absolute atomic E-state index is 0. The summed E-state index contributed by atoms with van der Waals surface area (Å²) in [5, 5.41) is 3.10. The summed E-state index contributed by atoms with van der Waals surface area (Å²) in [6, 6.07) is 13.9. The smallest absolute Gasteiger partial charge is 0.193 e. The van der Waals surface area contributed by atoms with Crippen LogP contribution in [0.2, 0.25) is 0 Å². The Morgan fingerprint density at radius 1 is 1.12 bits per heavy atom. The Balaban J connectivity index is 0.00000243. The molecule has 2 aromatic carbocycles. The molecule has 3 N–H and O–H groups in total. The predicted octanol–water partition coefficient (Wildman–Crippen LogP) is 3.46. The molecule has 0 saturated carbocycles. The molecule has 0 aliphatic carbocycles. The Morgan fingerprint density at radius 3 is 2.65 bits per heavy atom. The predicted molar refractivity (Wildman–Crippen MR) is 117 cm³/mol. The lowest BCUT2D eigenvalue weighted by Gasteiger charge is -2.13. The zero-order valence-corrected chi connectivity index (χ0v) is 17.4. The van der Waals surface area contributed by atoms with E-state index in [0.717, 1.165) is 34.9 Å². The maximum atomic E-state index is 6.01. The first-order valence-electron chi connectivity index (χ1n) is 8.35. The number of anilines is 2. The molecular formula is C19H25IN4O2. The third-order valence-corrected chi connectivity index (χ3v) is 3.88. The number of halogens is 1. The molecule has 0 atom stereocenters. The average molecular weight is 468 g/mol. The maximum absolute atomic E-state index is 6.01. The van der Waals surface area contributed by atoms with Crippen molar-refractivity contribution in [2.75, 3.05) is 37.5 Å². The summed E-state index contributed by atoms with van der Waals surface area (Å²) in [6.07, 6.45) is 0.882. The van der Waals surface area contributed by atoms with Gasteiger partial charge in [0.15, 0.2) is 17.5 Å². The highest BCUT2D eigenvalue weighted by atomic mass is 127. The number of nitrogens with zero attached hydrogens (tertiary/aromatic N) is 2. The molecule has 2 aromatic rings. The molecule has 0 saturated heterocycles. The summed E-state index contributed by atoms with van der Waals surface area (Å²) >= 11 is 0. The van der Waals surface area contributed by atoms with Crippen LogP contribution >= 0.6 is 24.0 Å². The number of hydrogen-bond donors (Lipinski definition) is 2. The van der Waals surface area contributed by atoms with E-state index in [9.17, 15) is 0 Å². The first-order chi connectivity index (χ1) is 12.1. The normalized spacial score (nSPS) is 13.4. The zero-order chi connectivity index (χ0) is 17.6. The van der Waals surface area contributed by atoms with Gasteiger partial charge in [0.05, 0.1) is 19.8 Å². The van der Waals surface area contributed by atoms with Gasteiger partial charge in [-0.05, 0) is 29.8 Å². The molecule has 0 bridgehead atoms. The number of fused-ring (bicyclic) bond motifs is 1. The van der Waals surface area contributed by atoms with Gasteiger partial charge in [-0.25, -0.2) is 4.99 Å². The number of benzene rings is 2. The summed E-state index contributed by atoms with van der Waals surface area (Å²) in [4.78, 5) is 6.48. The van der Waals surface area contributed by atoms with Crippen molar-refractivity contribution in [1.29, 1.82) is 0 Å². The highest BCUT2D eigenvalue weighted by Crippen LogP contribution is 2.32. The van der Waals surface area contributed by atoms with E-state index in [0.29, 0.717) is 25.7 Å². The Kier molecular flexibility index (Phi) is 7.38. The van der Waals surface area contributed by atoms with Crippen molar-refractivity contribution >= 4 is 41.3 Å². The van der Waals surface area contributed by atoms with E-state index in [-0.39, 0.29) is 24.0 Å². The number of ether oxygens (including phenoxy) is 2. The fourth-order valence-corrected chi connectivity index (χ4v) is 2.54. The third kappa shape index (κ3) is 5.42. The van der Waals surface area contributed by atoms with Gasteiger partial charge in [0.1, 0.15) is 0 Å². The SMILES string of the molecule is CN(C)c1cccc(CN=C(N)Nc2ccc3c(c2)OCCCO3)c1.I. The van der Waals surface area contributed by atoms with Gasteiger partial charge in [-0.3, -0.25) is 0 Å². The van der Waals surface area contributed by atoms with Gasteiger partial charge in [0.2, 0.25) is 0 Å². The number of nitrogens with two attached hydrogens (primary N) is 1. The van der Waals surface area contributed by atoms with Crippen molar-refractivity contribution in [1.82, 2.24) is 0 Å². The van der Waals surface area contributed by atoms with E-state index in [1.807, 2.05) is 44.4 Å². The molecule has 1 aliphatic heterocycles. The molecule has 3 rings (SSSR count). The van der Waals surface area contributed by atoms with Gasteiger partial charge in [0, 0.05) is 38.0 Å². The molecule has 26 heavy (non-hydrogen) atoms. The number of guanidine groups is 1. The molecule has 1 heterocycles. The molecule has 0 radical (unpaired) electrons. The van der Waals surface area contributed by atoms with Gasteiger partial charge in [-0.2, -0.15) is 0 Å². The van der Waals surface area contributed by atoms with Gasteiger partial charge < -0.3 is 25.4 Å². The van der Waals surface area contributed by atoms with E-state index >= 15 is 0 Å². The molecular weight excluding hydrogens is 443 g/mol. The standard InChI is InChI=1S/C19H24N4O2.HI/c1-23(2)16-6-3-5-14(11-16)13-21-19(20)22-15-7-8-17-18(12-15)25-10-4-9-24-17;/h3,5-8,11-12H,4,9-10,13H2,1-2H3,(H3,20,21,22);1H. The molecule has 0 aromatic heterocycles. The molecule has 0 fully saturated rings. The van der Waals surface area contributed by atoms with Gasteiger partial charge in [0.25, 0.3) is 0 Å². The average Bonchev–Trinajstić information content (AvgIpc) is 2.85. The van der Waals surface area contributed by atoms with Crippen molar-refractivity contribution in [3.8, 4) is 11.5 Å². The largest absolute Gasteiger partial charge is 0.490 e. The molecule has 6 nitrogen and oxygen atoms in total. The number of aliphatic imine (C=N–C) groups is 1. The molecule has 7 heteroatoms. The number of nitrogens with one attached hydrogen (secondary N) is 1. The van der Waals surface area contributed by atoms with Crippen molar-refractivity contribution in [2.24, 2.45) is 10.7 Å². The molecule has 0 amide bonds. The number of rotatable bonds is 4. The van der Waals surface area contributed by atoms with Crippen LogP contribution in [0.5, 0.6) is 11.5 Å². The third-order valence-electron chi connectivity index (χ3n) is 3.88. The second kappa shape index (κ2) is 9.51. The second-order valence-electron chi connectivity index (χ2n) is 6.10. The summed E-state index contributed by atoms with van der Waals surface area (Å²) in [6.45, 7) is 1.85. The summed E-state index contributed by atoms with van der Waals surface area (Å²) < 4.78 is 11.3. The molecule has 140 valence electrons. The fourth-order valence-electron chi connectivity index (χ4n) is 2.54. The van der Waals surface area contributed by atoms with Crippen LogP contribution in [0.25, 0.3) is 0 Å². The Bertz CT molecular complexity index is 765. The highest BCUT2D eigenvalue weighted by Gasteiger charge is 2.10. The summed E-state index contributed by atoms with van der Waals surface area (Å²) in [7, 11) is 4.03. The van der Waals surface area contributed by atoms with E-state index < -0.39 is 0 Å². The molecule has 0 unspecified atom stereocenters. The van der Waals surface area contributed by atoms with Gasteiger partial charge in [-0.15, -0.1) is 24.0 Å². The highest BCUT2D eigenvalue weighted by molar-refractivity contribution is 14.0.